The van der Waals surface area contributed by atoms with Crippen molar-refractivity contribution in [2.75, 3.05) is 0 Å². The molecule has 1 N–H and O–H groups in total. The Bertz CT molecular complexity index is 594. The van der Waals surface area contributed by atoms with Gasteiger partial charge in [0.05, 0.1) is 5.69 Å². The molecule has 3 nitrogen and oxygen atoms in total. The molecule has 0 bridgehead atoms. The minimum absolute atomic E-state index is 0.238. The molecule has 0 amide bonds. The summed E-state index contributed by atoms with van der Waals surface area (Å²) >= 11 is 0. The summed E-state index contributed by atoms with van der Waals surface area (Å²) in [5.74, 6) is 0.902. The Morgan fingerprint density at radius 3 is 2.30 bits per heavy atom. The lowest BCUT2D eigenvalue weighted by Crippen LogP contribution is -2.19. The maximum Gasteiger partial charge on any atom is 0.138 e. The highest BCUT2D eigenvalue weighted by atomic mass is 16.5. The number of aryl methyl sites for hydroxylation is 5. The minimum Gasteiger partial charge on any atom is -0.361 e. The van der Waals surface area contributed by atoms with Gasteiger partial charge < -0.3 is 9.84 Å². The van der Waals surface area contributed by atoms with Gasteiger partial charge in [-0.05, 0) is 63.8 Å². The van der Waals surface area contributed by atoms with Crippen LogP contribution in [0.15, 0.2) is 16.7 Å². The SMILES string of the molecule is Cc1cc(C)c(CNC(C)c2c(C)noc2C)cc1C. The number of benzene rings is 1. The van der Waals surface area contributed by atoms with Gasteiger partial charge in [-0.15, -0.1) is 0 Å². The van der Waals surface area contributed by atoms with E-state index in [2.05, 4.69) is 50.3 Å². The fourth-order valence-electron chi connectivity index (χ4n) is 2.68. The van der Waals surface area contributed by atoms with Crippen molar-refractivity contribution in [3.63, 3.8) is 0 Å². The quantitative estimate of drug-likeness (QED) is 0.911. The summed E-state index contributed by atoms with van der Waals surface area (Å²) in [5.41, 5.74) is 7.53. The Morgan fingerprint density at radius 2 is 1.70 bits per heavy atom. The smallest absolute Gasteiger partial charge is 0.138 e. The third-order valence-corrected chi connectivity index (χ3v) is 4.07. The van der Waals surface area contributed by atoms with E-state index < -0.39 is 0 Å². The summed E-state index contributed by atoms with van der Waals surface area (Å²) in [6.45, 7) is 13.5. The normalized spacial score (nSPS) is 12.7. The van der Waals surface area contributed by atoms with E-state index in [0.717, 1.165) is 18.0 Å². The van der Waals surface area contributed by atoms with Crippen molar-refractivity contribution in [2.24, 2.45) is 0 Å². The van der Waals surface area contributed by atoms with Crippen molar-refractivity contribution in [3.8, 4) is 0 Å². The molecule has 2 rings (SSSR count). The Kier molecular flexibility index (Phi) is 4.29. The second kappa shape index (κ2) is 5.80. The van der Waals surface area contributed by atoms with E-state index >= 15 is 0 Å². The van der Waals surface area contributed by atoms with Crippen molar-refractivity contribution in [1.82, 2.24) is 10.5 Å². The third kappa shape index (κ3) is 2.93. The summed E-state index contributed by atoms with van der Waals surface area (Å²) in [7, 11) is 0. The number of hydrogen-bond donors (Lipinski definition) is 1. The van der Waals surface area contributed by atoms with Crippen LogP contribution in [0.1, 0.15) is 52.2 Å². The van der Waals surface area contributed by atoms with Gasteiger partial charge >= 0.3 is 0 Å². The molecule has 1 atom stereocenters. The molecular weight excluding hydrogens is 248 g/mol. The molecule has 1 aromatic carbocycles. The first kappa shape index (κ1) is 14.8. The first-order chi connectivity index (χ1) is 9.40. The number of nitrogens with zero attached hydrogens (tertiary/aromatic N) is 1. The average molecular weight is 272 g/mol. The van der Waals surface area contributed by atoms with Crippen LogP contribution in [0.3, 0.4) is 0 Å². The number of nitrogens with one attached hydrogen (secondary N) is 1. The topological polar surface area (TPSA) is 38.1 Å². The molecule has 0 spiro atoms. The molecule has 0 aliphatic carbocycles. The van der Waals surface area contributed by atoms with Crippen LogP contribution in [0.25, 0.3) is 0 Å². The lowest BCUT2D eigenvalue weighted by molar-refractivity contribution is 0.390. The van der Waals surface area contributed by atoms with Gasteiger partial charge in [-0.3, -0.25) is 0 Å². The van der Waals surface area contributed by atoms with Crippen molar-refractivity contribution in [1.29, 1.82) is 0 Å². The molecule has 0 aliphatic rings. The van der Waals surface area contributed by atoms with Crippen LogP contribution in [-0.2, 0) is 6.54 Å². The molecule has 0 aliphatic heterocycles. The maximum absolute atomic E-state index is 5.24. The van der Waals surface area contributed by atoms with E-state index in [0.29, 0.717) is 0 Å². The first-order valence-corrected chi connectivity index (χ1v) is 7.13. The van der Waals surface area contributed by atoms with Crippen molar-refractivity contribution in [2.45, 2.75) is 54.1 Å². The predicted molar refractivity (Wildman–Crippen MR) is 81.9 cm³/mol. The van der Waals surface area contributed by atoms with Crippen LogP contribution in [0.4, 0.5) is 0 Å². The van der Waals surface area contributed by atoms with E-state index in [1.54, 1.807) is 0 Å². The number of aromatic nitrogens is 1. The summed E-state index contributed by atoms with van der Waals surface area (Å²) in [4.78, 5) is 0. The van der Waals surface area contributed by atoms with Crippen LogP contribution in [0, 0.1) is 34.6 Å². The molecule has 1 aromatic heterocycles. The van der Waals surface area contributed by atoms with E-state index in [9.17, 15) is 0 Å². The summed E-state index contributed by atoms with van der Waals surface area (Å²) in [6.07, 6.45) is 0. The van der Waals surface area contributed by atoms with Crippen LogP contribution in [-0.4, -0.2) is 5.16 Å². The summed E-state index contributed by atoms with van der Waals surface area (Å²) in [6, 6.07) is 4.77. The molecule has 3 heteroatoms. The highest BCUT2D eigenvalue weighted by Crippen LogP contribution is 2.22. The van der Waals surface area contributed by atoms with Crippen LogP contribution < -0.4 is 5.32 Å². The summed E-state index contributed by atoms with van der Waals surface area (Å²) in [5, 5.41) is 7.59. The summed E-state index contributed by atoms with van der Waals surface area (Å²) < 4.78 is 5.24. The van der Waals surface area contributed by atoms with Gasteiger partial charge in [0, 0.05) is 18.2 Å². The Labute approximate surface area is 121 Å². The van der Waals surface area contributed by atoms with E-state index in [1.807, 2.05) is 13.8 Å². The van der Waals surface area contributed by atoms with E-state index in [4.69, 9.17) is 4.52 Å². The first-order valence-electron chi connectivity index (χ1n) is 7.13. The molecule has 1 heterocycles. The molecule has 0 saturated heterocycles. The second-order valence-electron chi connectivity index (χ2n) is 5.70. The van der Waals surface area contributed by atoms with Gasteiger partial charge in [0.15, 0.2) is 0 Å². The molecule has 0 radical (unpaired) electrons. The molecule has 108 valence electrons. The van der Waals surface area contributed by atoms with Crippen molar-refractivity contribution < 1.29 is 4.52 Å². The van der Waals surface area contributed by atoms with Gasteiger partial charge in [-0.1, -0.05) is 17.3 Å². The molecule has 0 fully saturated rings. The van der Waals surface area contributed by atoms with Crippen LogP contribution in [0.2, 0.25) is 0 Å². The van der Waals surface area contributed by atoms with Gasteiger partial charge in [-0.25, -0.2) is 0 Å². The van der Waals surface area contributed by atoms with Crippen LogP contribution >= 0.6 is 0 Å². The molecule has 0 saturated carbocycles. The second-order valence-corrected chi connectivity index (χ2v) is 5.70. The third-order valence-electron chi connectivity index (χ3n) is 4.07. The molecular formula is C17H24N2O. The maximum atomic E-state index is 5.24. The fraction of sp³-hybridized carbons (Fsp3) is 0.471. The lowest BCUT2D eigenvalue weighted by Gasteiger charge is -2.16. The molecule has 2 aromatic rings. The largest absolute Gasteiger partial charge is 0.361 e. The van der Waals surface area contributed by atoms with Gasteiger partial charge in [0.2, 0.25) is 0 Å². The standard InChI is InChI=1S/C17H24N2O/c1-10-7-12(3)16(8-11(10)2)9-18-13(4)17-14(5)19-20-15(17)6/h7-8,13,18H,9H2,1-6H3. The van der Waals surface area contributed by atoms with Crippen molar-refractivity contribution >= 4 is 0 Å². The Balaban J connectivity index is 2.11. The van der Waals surface area contributed by atoms with E-state index in [1.165, 1.54) is 27.8 Å². The van der Waals surface area contributed by atoms with Gasteiger partial charge in [-0.2, -0.15) is 0 Å². The highest BCUT2D eigenvalue weighted by Gasteiger charge is 2.16. The zero-order valence-electron chi connectivity index (χ0n) is 13.3. The van der Waals surface area contributed by atoms with Gasteiger partial charge in [0.1, 0.15) is 5.76 Å². The predicted octanol–water partition coefficient (Wildman–Crippen LogP) is 4.07. The zero-order valence-corrected chi connectivity index (χ0v) is 13.3. The average Bonchev–Trinajstić information content (AvgIpc) is 2.71. The number of rotatable bonds is 4. The van der Waals surface area contributed by atoms with Crippen molar-refractivity contribution in [3.05, 3.63) is 51.4 Å². The monoisotopic (exact) mass is 272 g/mol. The highest BCUT2D eigenvalue weighted by molar-refractivity contribution is 5.36. The zero-order chi connectivity index (χ0) is 14.9. The molecule has 20 heavy (non-hydrogen) atoms. The Hall–Kier alpha value is -1.61. The molecule has 1 unspecified atom stereocenters. The lowest BCUT2D eigenvalue weighted by atomic mass is 10.00. The van der Waals surface area contributed by atoms with E-state index in [-0.39, 0.29) is 6.04 Å². The minimum atomic E-state index is 0.238. The van der Waals surface area contributed by atoms with Gasteiger partial charge in [0.25, 0.3) is 0 Å². The van der Waals surface area contributed by atoms with Crippen LogP contribution in [0.5, 0.6) is 0 Å². The number of hydrogen-bond acceptors (Lipinski definition) is 3. The fourth-order valence-corrected chi connectivity index (χ4v) is 2.68. The Morgan fingerprint density at radius 1 is 1.05 bits per heavy atom.